The molecule has 1 aromatic heterocycles. The minimum Gasteiger partial charge on any atom is -0.334 e. The van der Waals surface area contributed by atoms with Crippen molar-refractivity contribution in [2.24, 2.45) is 5.10 Å². The molecule has 0 bridgehead atoms. The number of benzene rings is 3. The molecule has 0 spiro atoms. The van der Waals surface area contributed by atoms with Gasteiger partial charge in [0.15, 0.2) is 0 Å². The molecule has 0 aliphatic heterocycles. The van der Waals surface area contributed by atoms with Crippen molar-refractivity contribution >= 4 is 17.1 Å². The first-order valence-electron chi connectivity index (χ1n) is 8.74. The van der Waals surface area contributed by atoms with Gasteiger partial charge in [0.1, 0.15) is 5.71 Å². The van der Waals surface area contributed by atoms with Crippen LogP contribution in [0.3, 0.4) is 0 Å². The highest BCUT2D eigenvalue weighted by Gasteiger charge is 2.16. The van der Waals surface area contributed by atoms with Crippen molar-refractivity contribution in [2.75, 3.05) is 5.43 Å². The minimum atomic E-state index is -0.452. The Hall–Kier alpha value is -4.33. The molecule has 0 amide bonds. The summed E-state index contributed by atoms with van der Waals surface area (Å²) in [5.74, 6) is 0.712. The normalized spacial score (nSPS) is 11.2. The molecule has 1 heterocycles. The summed E-state index contributed by atoms with van der Waals surface area (Å²) in [6.45, 7) is 0. The number of non-ortho nitro benzene ring substituents is 1. The summed E-state index contributed by atoms with van der Waals surface area (Å²) in [6, 6.07) is 24.9. The first kappa shape index (κ1) is 18.1. The predicted octanol–water partition coefficient (Wildman–Crippen LogP) is 4.51. The van der Waals surface area contributed by atoms with E-state index < -0.39 is 4.92 Å². The summed E-state index contributed by atoms with van der Waals surface area (Å²) < 4.78 is 5.40. The van der Waals surface area contributed by atoms with Crippen molar-refractivity contribution in [3.05, 3.63) is 106 Å². The Balaban J connectivity index is 1.66. The molecule has 0 saturated carbocycles. The molecule has 8 nitrogen and oxygen atoms in total. The highest BCUT2D eigenvalue weighted by Crippen LogP contribution is 2.19. The highest BCUT2D eigenvalue weighted by atomic mass is 16.6. The average molecular weight is 385 g/mol. The van der Waals surface area contributed by atoms with Crippen LogP contribution >= 0.6 is 0 Å². The van der Waals surface area contributed by atoms with E-state index in [0.29, 0.717) is 23.1 Å². The Bertz CT molecular complexity index is 1140. The molecular weight excluding hydrogens is 370 g/mol. The van der Waals surface area contributed by atoms with Gasteiger partial charge in [-0.25, -0.2) is 0 Å². The second-order valence-corrected chi connectivity index (χ2v) is 6.03. The molecule has 0 aliphatic rings. The average Bonchev–Trinajstić information content (AvgIpc) is 3.26. The Morgan fingerprint density at radius 3 is 2.24 bits per heavy atom. The summed E-state index contributed by atoms with van der Waals surface area (Å²) in [5, 5.41) is 19.3. The maximum absolute atomic E-state index is 10.8. The molecule has 0 radical (unpaired) electrons. The minimum absolute atomic E-state index is 0.00785. The summed E-state index contributed by atoms with van der Waals surface area (Å²) in [4.78, 5) is 14.8. The molecule has 142 valence electrons. The SMILES string of the molecule is O=[N+]([O-])c1ccc(N/N=C(/c2ccccc2)c2noc(-c3ccccc3)n2)cc1. The van der Waals surface area contributed by atoms with E-state index >= 15 is 0 Å². The zero-order valence-corrected chi connectivity index (χ0v) is 15.1. The lowest BCUT2D eigenvalue weighted by Crippen LogP contribution is -2.08. The second-order valence-electron chi connectivity index (χ2n) is 6.03. The van der Waals surface area contributed by atoms with Crippen molar-refractivity contribution in [1.82, 2.24) is 10.1 Å². The number of aromatic nitrogens is 2. The molecular formula is C21H15N5O3. The fourth-order valence-electron chi connectivity index (χ4n) is 2.64. The number of hydrazone groups is 1. The fraction of sp³-hybridized carbons (Fsp3) is 0. The van der Waals surface area contributed by atoms with Crippen LogP contribution in [-0.4, -0.2) is 20.8 Å². The molecule has 4 aromatic rings. The largest absolute Gasteiger partial charge is 0.334 e. The molecule has 29 heavy (non-hydrogen) atoms. The molecule has 8 heteroatoms. The van der Waals surface area contributed by atoms with Crippen LogP contribution in [0.2, 0.25) is 0 Å². The standard InChI is InChI=1S/C21H15N5O3/c27-26(28)18-13-11-17(12-14-18)23-24-19(15-7-3-1-4-8-15)20-22-21(29-25-20)16-9-5-2-6-10-16/h1-14,23H/b24-19-. The van der Waals surface area contributed by atoms with Crippen molar-refractivity contribution in [3.63, 3.8) is 0 Å². The summed E-state index contributed by atoms with van der Waals surface area (Å²) in [7, 11) is 0. The predicted molar refractivity (Wildman–Crippen MR) is 109 cm³/mol. The van der Waals surface area contributed by atoms with Gasteiger partial charge in [0.2, 0.25) is 5.82 Å². The Morgan fingerprint density at radius 1 is 0.931 bits per heavy atom. The quantitative estimate of drug-likeness (QED) is 0.297. The third kappa shape index (κ3) is 4.16. The number of nitrogens with one attached hydrogen (secondary N) is 1. The van der Waals surface area contributed by atoms with Crippen LogP contribution in [0.15, 0.2) is 94.6 Å². The molecule has 0 unspecified atom stereocenters. The van der Waals surface area contributed by atoms with Gasteiger partial charge in [0, 0.05) is 23.3 Å². The first-order valence-corrected chi connectivity index (χ1v) is 8.74. The van der Waals surface area contributed by atoms with Crippen molar-refractivity contribution < 1.29 is 9.45 Å². The lowest BCUT2D eigenvalue weighted by atomic mass is 10.1. The number of hydrogen-bond acceptors (Lipinski definition) is 7. The maximum Gasteiger partial charge on any atom is 0.269 e. The number of nitro benzene ring substituents is 1. The molecule has 3 aromatic carbocycles. The summed E-state index contributed by atoms with van der Waals surface area (Å²) >= 11 is 0. The van der Waals surface area contributed by atoms with Crippen LogP contribution in [0.1, 0.15) is 11.4 Å². The fourth-order valence-corrected chi connectivity index (χ4v) is 2.64. The molecule has 0 aliphatic carbocycles. The number of anilines is 1. The van der Waals surface area contributed by atoms with Crippen LogP contribution in [0.5, 0.6) is 0 Å². The van der Waals surface area contributed by atoms with Gasteiger partial charge >= 0.3 is 0 Å². The van der Waals surface area contributed by atoms with Crippen LogP contribution in [0.4, 0.5) is 11.4 Å². The van der Waals surface area contributed by atoms with Crippen LogP contribution in [-0.2, 0) is 0 Å². The number of nitro groups is 1. The van der Waals surface area contributed by atoms with E-state index in [0.717, 1.165) is 11.1 Å². The van der Waals surface area contributed by atoms with Crippen LogP contribution in [0, 0.1) is 10.1 Å². The smallest absolute Gasteiger partial charge is 0.269 e. The zero-order valence-electron chi connectivity index (χ0n) is 15.1. The first-order chi connectivity index (χ1) is 14.2. The van der Waals surface area contributed by atoms with E-state index in [1.807, 2.05) is 60.7 Å². The lowest BCUT2D eigenvalue weighted by Gasteiger charge is -2.04. The molecule has 0 saturated heterocycles. The van der Waals surface area contributed by atoms with E-state index in [4.69, 9.17) is 4.52 Å². The zero-order chi connectivity index (χ0) is 20.1. The van der Waals surface area contributed by atoms with Gasteiger partial charge in [-0.2, -0.15) is 10.1 Å². The lowest BCUT2D eigenvalue weighted by molar-refractivity contribution is -0.384. The molecule has 4 rings (SSSR count). The van der Waals surface area contributed by atoms with Crippen molar-refractivity contribution in [3.8, 4) is 11.5 Å². The van der Waals surface area contributed by atoms with E-state index in [9.17, 15) is 10.1 Å². The van der Waals surface area contributed by atoms with E-state index in [-0.39, 0.29) is 5.69 Å². The Labute approximate surface area is 165 Å². The second kappa shape index (κ2) is 8.13. The topological polar surface area (TPSA) is 106 Å². The van der Waals surface area contributed by atoms with Gasteiger partial charge in [-0.05, 0) is 24.3 Å². The number of hydrogen-bond donors (Lipinski definition) is 1. The van der Waals surface area contributed by atoms with Gasteiger partial charge in [0.05, 0.1) is 10.6 Å². The van der Waals surface area contributed by atoms with Gasteiger partial charge in [-0.1, -0.05) is 53.7 Å². The summed E-state index contributed by atoms with van der Waals surface area (Å²) in [5.41, 5.74) is 5.58. The molecule has 1 N–H and O–H groups in total. The van der Waals surface area contributed by atoms with Gasteiger partial charge < -0.3 is 4.52 Å². The van der Waals surface area contributed by atoms with Gasteiger partial charge in [0.25, 0.3) is 11.6 Å². The van der Waals surface area contributed by atoms with E-state index in [1.54, 1.807) is 12.1 Å². The highest BCUT2D eigenvalue weighted by molar-refractivity contribution is 6.10. The number of rotatable bonds is 6. The van der Waals surface area contributed by atoms with Crippen molar-refractivity contribution in [1.29, 1.82) is 0 Å². The van der Waals surface area contributed by atoms with E-state index in [1.165, 1.54) is 12.1 Å². The van der Waals surface area contributed by atoms with Gasteiger partial charge in [-0.3, -0.25) is 15.5 Å². The Kier molecular flexibility index (Phi) is 5.06. The summed E-state index contributed by atoms with van der Waals surface area (Å²) in [6.07, 6.45) is 0. The monoisotopic (exact) mass is 385 g/mol. The third-order valence-electron chi connectivity index (χ3n) is 4.08. The Morgan fingerprint density at radius 2 is 1.59 bits per heavy atom. The maximum atomic E-state index is 10.8. The molecule has 0 fully saturated rings. The van der Waals surface area contributed by atoms with E-state index in [2.05, 4.69) is 20.7 Å². The van der Waals surface area contributed by atoms with Crippen LogP contribution < -0.4 is 5.43 Å². The van der Waals surface area contributed by atoms with Gasteiger partial charge in [-0.15, -0.1) is 0 Å². The molecule has 0 atom stereocenters. The van der Waals surface area contributed by atoms with Crippen molar-refractivity contribution in [2.45, 2.75) is 0 Å². The third-order valence-corrected chi connectivity index (χ3v) is 4.08. The van der Waals surface area contributed by atoms with Crippen LogP contribution in [0.25, 0.3) is 11.5 Å². The number of nitrogens with zero attached hydrogens (tertiary/aromatic N) is 4.